The molecule has 17 heavy (non-hydrogen) atoms. The van der Waals surface area contributed by atoms with Gasteiger partial charge in [0, 0.05) is 16.5 Å². The Bertz CT molecular complexity index is 590. The molecular formula is C12H12N2OS2. The molecule has 2 aromatic heterocycles. The number of rotatable bonds is 2. The van der Waals surface area contributed by atoms with Gasteiger partial charge in [-0.15, -0.1) is 0 Å². The van der Waals surface area contributed by atoms with E-state index in [1.807, 2.05) is 36.0 Å². The van der Waals surface area contributed by atoms with E-state index < -0.39 is 0 Å². The highest BCUT2D eigenvalue weighted by atomic mass is 32.2. The van der Waals surface area contributed by atoms with Crippen LogP contribution in [-0.4, -0.2) is 5.78 Å². The number of anilines is 1. The lowest BCUT2D eigenvalue weighted by Crippen LogP contribution is -2.31. The quantitative estimate of drug-likeness (QED) is 0.513. The summed E-state index contributed by atoms with van der Waals surface area (Å²) < 4.78 is 2.51. The number of aryl methyl sites for hydroxylation is 1. The third kappa shape index (κ3) is 2.16. The van der Waals surface area contributed by atoms with Crippen LogP contribution in [0.25, 0.3) is 5.69 Å². The van der Waals surface area contributed by atoms with Crippen molar-refractivity contribution in [2.45, 2.75) is 18.1 Å². The van der Waals surface area contributed by atoms with E-state index in [4.69, 9.17) is 18.4 Å². The van der Waals surface area contributed by atoms with Crippen LogP contribution in [-0.2, 0) is 12.6 Å². The van der Waals surface area contributed by atoms with Crippen LogP contribution in [0, 0.1) is 6.92 Å². The Morgan fingerprint density at radius 3 is 2.76 bits per heavy atom. The molecule has 0 aliphatic carbocycles. The van der Waals surface area contributed by atoms with Crippen LogP contribution in [0.15, 0.2) is 28.7 Å². The highest BCUT2D eigenvalue weighted by Gasteiger charge is 2.17. The van der Waals surface area contributed by atoms with Crippen molar-refractivity contribution < 1.29 is 9.36 Å². The lowest BCUT2D eigenvalue weighted by Gasteiger charge is -2.00. The number of pyridine rings is 1. The number of ketones is 1. The first-order valence-corrected chi connectivity index (χ1v) is 6.31. The van der Waals surface area contributed by atoms with Gasteiger partial charge in [0.25, 0.3) is 0 Å². The molecule has 0 atom stereocenters. The highest BCUT2D eigenvalue weighted by molar-refractivity contribution is 7.63. The second-order valence-electron chi connectivity index (χ2n) is 3.83. The average Bonchev–Trinajstić information content (AvgIpc) is 2.54. The first kappa shape index (κ1) is 12.0. The number of hydrogen-bond acceptors (Lipinski definition) is 4. The van der Waals surface area contributed by atoms with E-state index >= 15 is 0 Å². The van der Waals surface area contributed by atoms with Gasteiger partial charge in [0.2, 0.25) is 5.69 Å². The van der Waals surface area contributed by atoms with Gasteiger partial charge in [-0.1, -0.05) is 0 Å². The summed E-state index contributed by atoms with van der Waals surface area (Å²) in [5, 5.41) is 0. The molecule has 0 aliphatic rings. The van der Waals surface area contributed by atoms with Gasteiger partial charge in [-0.25, -0.2) is 0 Å². The number of aromatic nitrogens is 1. The minimum atomic E-state index is -0.0434. The Morgan fingerprint density at radius 1 is 1.53 bits per heavy atom. The third-order valence-corrected chi connectivity index (χ3v) is 3.95. The number of hydrogen-bond donors (Lipinski definition) is 1. The minimum Gasteiger partial charge on any atom is -0.421 e. The number of carbonyl (C=O) groups is 1. The van der Waals surface area contributed by atoms with Crippen molar-refractivity contribution in [1.82, 2.24) is 0 Å². The maximum Gasteiger partial charge on any atom is 0.222 e. The summed E-state index contributed by atoms with van der Waals surface area (Å²) in [6.07, 6.45) is 3.82. The van der Waals surface area contributed by atoms with E-state index in [2.05, 4.69) is 0 Å². The second-order valence-corrected chi connectivity index (χ2v) is 5.51. The molecule has 0 bridgehead atoms. The van der Waals surface area contributed by atoms with Crippen LogP contribution in [0.3, 0.4) is 0 Å². The van der Waals surface area contributed by atoms with Crippen molar-refractivity contribution in [1.29, 1.82) is 0 Å². The Morgan fingerprint density at radius 2 is 2.24 bits per heavy atom. The lowest BCUT2D eigenvalue weighted by atomic mass is 10.2. The summed E-state index contributed by atoms with van der Waals surface area (Å²) in [7, 11) is 0. The molecule has 0 fully saturated rings. The molecule has 3 nitrogen and oxygen atoms in total. The predicted octanol–water partition coefficient (Wildman–Crippen LogP) is 2.02. The van der Waals surface area contributed by atoms with Crippen LogP contribution in [0.2, 0.25) is 0 Å². The van der Waals surface area contributed by atoms with Gasteiger partial charge in [0.15, 0.2) is 18.2 Å². The van der Waals surface area contributed by atoms with E-state index in [0.29, 0.717) is 14.8 Å². The van der Waals surface area contributed by atoms with Crippen LogP contribution in [0.5, 0.6) is 0 Å². The summed E-state index contributed by atoms with van der Waals surface area (Å²) in [5.41, 5.74) is 8.31. The fraction of sp³-hybridized carbons (Fsp3) is 0.167. The van der Waals surface area contributed by atoms with E-state index in [-0.39, 0.29) is 5.78 Å². The number of nitrogen functional groups attached to an aromatic ring is 1. The molecule has 0 saturated carbocycles. The van der Waals surface area contributed by atoms with Gasteiger partial charge >= 0.3 is 0 Å². The zero-order chi connectivity index (χ0) is 12.6. The molecule has 2 N–H and O–H groups in total. The summed E-state index contributed by atoms with van der Waals surface area (Å²) in [6, 6.07) is 3.92. The van der Waals surface area contributed by atoms with Crippen molar-refractivity contribution in [3.8, 4) is 5.69 Å². The SMILES string of the molecule is CC(=O)c1sc([S-])c(-[n+]2cccc(C)c2)c1N. The fourth-order valence-electron chi connectivity index (χ4n) is 1.65. The maximum atomic E-state index is 11.4. The highest BCUT2D eigenvalue weighted by Crippen LogP contribution is 2.31. The Hall–Kier alpha value is -1.46. The third-order valence-electron chi connectivity index (χ3n) is 2.41. The van der Waals surface area contributed by atoms with Crippen molar-refractivity contribution in [2.24, 2.45) is 0 Å². The van der Waals surface area contributed by atoms with Crippen molar-refractivity contribution >= 4 is 35.4 Å². The van der Waals surface area contributed by atoms with E-state index in [1.165, 1.54) is 18.3 Å². The largest absolute Gasteiger partial charge is 0.421 e. The maximum absolute atomic E-state index is 11.4. The Labute approximate surface area is 109 Å². The first-order valence-electron chi connectivity index (χ1n) is 5.09. The first-order chi connectivity index (χ1) is 8.00. The number of nitrogens with two attached hydrogens (primary N) is 1. The summed E-state index contributed by atoms with van der Waals surface area (Å²) in [6.45, 7) is 3.50. The van der Waals surface area contributed by atoms with Crippen molar-refractivity contribution in [3.05, 3.63) is 35.0 Å². The second kappa shape index (κ2) is 4.43. The smallest absolute Gasteiger partial charge is 0.222 e. The Balaban J connectivity index is 2.64. The van der Waals surface area contributed by atoms with Gasteiger partial charge in [0.05, 0.1) is 0 Å². The van der Waals surface area contributed by atoms with Crippen molar-refractivity contribution in [3.63, 3.8) is 0 Å². The fourth-order valence-corrected chi connectivity index (χ4v) is 2.96. The molecule has 2 heterocycles. The molecule has 0 radical (unpaired) electrons. The number of carbonyl (C=O) groups excluding carboxylic acids is 1. The molecule has 0 saturated heterocycles. The van der Waals surface area contributed by atoms with Gasteiger partial charge < -0.3 is 29.7 Å². The zero-order valence-corrected chi connectivity index (χ0v) is 11.2. The van der Waals surface area contributed by atoms with Crippen molar-refractivity contribution in [2.75, 3.05) is 5.73 Å². The number of Topliss-reactive ketones (excluding diaryl/α,β-unsaturated/α-hetero) is 1. The summed E-state index contributed by atoms with van der Waals surface area (Å²) >= 11 is 6.54. The molecule has 0 unspecified atom stereocenters. The Kier molecular flexibility index (Phi) is 3.13. The molecule has 88 valence electrons. The normalized spacial score (nSPS) is 10.5. The topological polar surface area (TPSA) is 47.0 Å². The van der Waals surface area contributed by atoms with Crippen LogP contribution >= 0.6 is 11.3 Å². The van der Waals surface area contributed by atoms with E-state index in [1.54, 1.807) is 0 Å². The molecule has 0 amide bonds. The molecular weight excluding hydrogens is 252 g/mol. The molecule has 0 aliphatic heterocycles. The van der Waals surface area contributed by atoms with E-state index in [9.17, 15) is 4.79 Å². The van der Waals surface area contributed by atoms with Crippen LogP contribution in [0.4, 0.5) is 5.69 Å². The molecule has 0 spiro atoms. The van der Waals surface area contributed by atoms with Gasteiger partial charge in [0.1, 0.15) is 5.69 Å². The van der Waals surface area contributed by atoms with Gasteiger partial charge in [-0.05, 0) is 24.1 Å². The van der Waals surface area contributed by atoms with Gasteiger partial charge in [-0.2, -0.15) is 4.57 Å². The lowest BCUT2D eigenvalue weighted by molar-refractivity contribution is -0.597. The summed E-state index contributed by atoms with van der Waals surface area (Å²) in [5.74, 6) is -0.0434. The monoisotopic (exact) mass is 264 g/mol. The van der Waals surface area contributed by atoms with Crippen LogP contribution in [0.1, 0.15) is 22.2 Å². The predicted molar refractivity (Wildman–Crippen MR) is 70.6 cm³/mol. The molecule has 2 aromatic rings. The van der Waals surface area contributed by atoms with Gasteiger partial charge in [-0.3, -0.25) is 4.79 Å². The standard InChI is InChI=1S/C12H12N2OS2/c1-7-4-3-5-14(6-7)10-9(13)11(8(2)15)17-12(10)16/h3-6H,1-2H3,(H2-,13,15,16). The average molecular weight is 264 g/mol. The zero-order valence-electron chi connectivity index (χ0n) is 9.56. The molecule has 2 rings (SSSR count). The number of thiophene rings is 1. The van der Waals surface area contributed by atoms with E-state index in [0.717, 1.165) is 11.3 Å². The van der Waals surface area contributed by atoms with Crippen LogP contribution < -0.4 is 10.3 Å². The summed E-state index contributed by atoms with van der Waals surface area (Å²) in [4.78, 5) is 11.9. The minimum absolute atomic E-state index is 0.0434. The number of nitrogens with zero attached hydrogens (tertiary/aromatic N) is 1. The molecule has 5 heteroatoms. The molecule has 0 aromatic carbocycles.